The lowest BCUT2D eigenvalue weighted by molar-refractivity contribution is 1.22. The second-order valence-electron chi connectivity index (χ2n) is 3.60. The minimum Gasteiger partial charge on any atom is -0.131 e. The topological polar surface area (TPSA) is 0 Å². The second-order valence-corrected chi connectivity index (χ2v) is 7.74. The summed E-state index contributed by atoms with van der Waals surface area (Å²) in [7, 11) is 0. The average Bonchev–Trinajstić information content (AvgIpc) is 2.59. The molecule has 1 atom stereocenters. The molecule has 0 fully saturated rings. The van der Waals surface area contributed by atoms with E-state index in [2.05, 4.69) is 44.8 Å². The zero-order valence-electron chi connectivity index (χ0n) is 8.81. The molecule has 0 radical (unpaired) electrons. The molecule has 0 N–H and O–H groups in total. The summed E-state index contributed by atoms with van der Waals surface area (Å²) in [5, 5.41) is 1.36. The van der Waals surface area contributed by atoms with Gasteiger partial charge in [0.25, 0.3) is 0 Å². The molecule has 1 unspecified atom stereocenters. The molecule has 1 aromatic heterocycles. The van der Waals surface area contributed by atoms with E-state index in [9.17, 15) is 0 Å². The lowest BCUT2D eigenvalue weighted by atomic mass is 10.1. The van der Waals surface area contributed by atoms with E-state index in [1.165, 1.54) is 10.4 Å². The molecule has 0 aliphatic rings. The minimum atomic E-state index is 0.0266. The Hall–Kier alpha value is 0.460. The molecule has 0 aliphatic carbocycles. The van der Waals surface area contributed by atoms with Crippen molar-refractivity contribution in [2.24, 2.45) is 0 Å². The first kappa shape index (κ1) is 13.9. The Morgan fingerprint density at radius 3 is 2.29 bits per heavy atom. The van der Waals surface area contributed by atoms with Crippen molar-refractivity contribution in [2.75, 3.05) is 0 Å². The quantitative estimate of drug-likeness (QED) is 0.485. The maximum absolute atomic E-state index is 6.20. The molecular formula is C12H8Br2Cl2S. The molecule has 90 valence electrons. The Balaban J connectivity index is 2.47. The van der Waals surface area contributed by atoms with E-state index in [-0.39, 0.29) is 4.83 Å². The summed E-state index contributed by atoms with van der Waals surface area (Å²) in [5.74, 6) is 0. The number of halogens is 4. The highest BCUT2D eigenvalue weighted by atomic mass is 79.9. The number of benzene rings is 1. The van der Waals surface area contributed by atoms with Gasteiger partial charge in [0.15, 0.2) is 0 Å². The van der Waals surface area contributed by atoms with E-state index in [0.29, 0.717) is 10.0 Å². The summed E-state index contributed by atoms with van der Waals surface area (Å²) in [5.41, 5.74) is 2.14. The molecule has 17 heavy (non-hydrogen) atoms. The molecule has 1 aromatic carbocycles. The number of hydrogen-bond donors (Lipinski definition) is 0. The van der Waals surface area contributed by atoms with Crippen LogP contribution >= 0.6 is 66.4 Å². The van der Waals surface area contributed by atoms with Gasteiger partial charge in [-0.1, -0.05) is 45.2 Å². The summed E-state index contributed by atoms with van der Waals surface area (Å²) < 4.78 is 1.14. The number of hydrogen-bond acceptors (Lipinski definition) is 1. The molecule has 0 saturated heterocycles. The van der Waals surface area contributed by atoms with Gasteiger partial charge in [0.05, 0.1) is 8.61 Å². The fourth-order valence-electron chi connectivity index (χ4n) is 1.50. The minimum absolute atomic E-state index is 0.0266. The molecule has 0 saturated carbocycles. The number of rotatable bonds is 2. The third-order valence-corrected chi connectivity index (χ3v) is 6.49. The number of alkyl halides is 1. The third-order valence-electron chi connectivity index (χ3n) is 2.38. The van der Waals surface area contributed by atoms with Crippen LogP contribution in [0.25, 0.3) is 0 Å². The molecule has 0 amide bonds. The third kappa shape index (κ3) is 2.90. The van der Waals surface area contributed by atoms with Gasteiger partial charge < -0.3 is 0 Å². The Labute approximate surface area is 131 Å². The zero-order chi connectivity index (χ0) is 12.6. The van der Waals surface area contributed by atoms with Crippen molar-refractivity contribution in [3.8, 4) is 0 Å². The number of thiophene rings is 1. The second kappa shape index (κ2) is 5.62. The molecule has 2 rings (SSSR count). The van der Waals surface area contributed by atoms with Crippen molar-refractivity contribution in [3.63, 3.8) is 0 Å². The van der Waals surface area contributed by atoms with Crippen molar-refractivity contribution in [1.29, 1.82) is 0 Å². The Morgan fingerprint density at radius 2 is 1.82 bits per heavy atom. The predicted octanol–water partition coefficient (Wildman–Crippen LogP) is 6.61. The first-order valence-electron chi connectivity index (χ1n) is 4.84. The van der Waals surface area contributed by atoms with Crippen LogP contribution in [0.2, 0.25) is 10.0 Å². The summed E-state index contributed by atoms with van der Waals surface area (Å²) in [6.07, 6.45) is 0. The van der Waals surface area contributed by atoms with Crippen LogP contribution in [0.3, 0.4) is 0 Å². The van der Waals surface area contributed by atoms with Gasteiger partial charge in [0, 0.05) is 20.5 Å². The highest BCUT2D eigenvalue weighted by Crippen LogP contribution is 2.43. The summed E-state index contributed by atoms with van der Waals surface area (Å²) in [6.45, 7) is 2.07. The average molecular weight is 415 g/mol. The van der Waals surface area contributed by atoms with Crippen molar-refractivity contribution < 1.29 is 0 Å². The molecule has 1 heterocycles. The Morgan fingerprint density at radius 1 is 1.24 bits per heavy atom. The highest BCUT2D eigenvalue weighted by Gasteiger charge is 2.19. The van der Waals surface area contributed by atoms with Gasteiger partial charge in [-0.15, -0.1) is 11.3 Å². The van der Waals surface area contributed by atoms with Crippen LogP contribution < -0.4 is 0 Å². The zero-order valence-corrected chi connectivity index (χ0v) is 14.3. The summed E-state index contributed by atoms with van der Waals surface area (Å²) >= 11 is 21.3. The predicted molar refractivity (Wildman–Crippen MR) is 84.0 cm³/mol. The van der Waals surface area contributed by atoms with Gasteiger partial charge >= 0.3 is 0 Å². The van der Waals surface area contributed by atoms with Crippen molar-refractivity contribution >= 4 is 66.4 Å². The van der Waals surface area contributed by atoms with Gasteiger partial charge in [-0.05, 0) is 46.6 Å². The summed E-state index contributed by atoms with van der Waals surface area (Å²) in [6, 6.07) is 7.69. The van der Waals surface area contributed by atoms with Crippen LogP contribution in [0.1, 0.15) is 20.8 Å². The molecule has 0 spiro atoms. The van der Waals surface area contributed by atoms with E-state index in [4.69, 9.17) is 23.2 Å². The standard InChI is InChI=1S/C12H8Br2Cl2S/c1-6-5-9(17-12(6)14)11(13)10-7(15)3-2-4-8(10)16/h2-5,11H,1H3. The van der Waals surface area contributed by atoms with Gasteiger partial charge in [-0.25, -0.2) is 0 Å². The lowest BCUT2D eigenvalue weighted by Crippen LogP contribution is -1.92. The van der Waals surface area contributed by atoms with Crippen LogP contribution in [0.5, 0.6) is 0 Å². The largest absolute Gasteiger partial charge is 0.131 e. The van der Waals surface area contributed by atoms with E-state index < -0.39 is 0 Å². The normalized spacial score (nSPS) is 12.8. The van der Waals surface area contributed by atoms with Crippen LogP contribution in [-0.4, -0.2) is 0 Å². The van der Waals surface area contributed by atoms with Crippen molar-refractivity contribution in [2.45, 2.75) is 11.8 Å². The van der Waals surface area contributed by atoms with E-state index in [0.717, 1.165) is 9.35 Å². The van der Waals surface area contributed by atoms with Gasteiger partial charge in [0.2, 0.25) is 0 Å². The smallest absolute Gasteiger partial charge is 0.0767 e. The molecule has 0 aliphatic heterocycles. The lowest BCUT2D eigenvalue weighted by Gasteiger charge is -2.12. The fourth-order valence-corrected chi connectivity index (χ4v) is 4.85. The van der Waals surface area contributed by atoms with Gasteiger partial charge in [-0.3, -0.25) is 0 Å². The SMILES string of the molecule is Cc1cc(C(Br)c2c(Cl)cccc2Cl)sc1Br. The van der Waals surface area contributed by atoms with Crippen LogP contribution in [0.4, 0.5) is 0 Å². The Kier molecular flexibility index (Phi) is 4.59. The van der Waals surface area contributed by atoms with Crippen LogP contribution in [0, 0.1) is 6.92 Å². The maximum Gasteiger partial charge on any atom is 0.0767 e. The number of aryl methyl sites for hydroxylation is 1. The molecule has 0 bridgehead atoms. The summed E-state index contributed by atoms with van der Waals surface area (Å²) in [4.78, 5) is 1.21. The first-order chi connectivity index (χ1) is 8.00. The van der Waals surface area contributed by atoms with Crippen LogP contribution in [0.15, 0.2) is 28.1 Å². The van der Waals surface area contributed by atoms with Gasteiger partial charge in [0.1, 0.15) is 0 Å². The van der Waals surface area contributed by atoms with Gasteiger partial charge in [-0.2, -0.15) is 0 Å². The fraction of sp³-hybridized carbons (Fsp3) is 0.167. The van der Waals surface area contributed by atoms with Crippen molar-refractivity contribution in [3.05, 3.63) is 54.1 Å². The monoisotopic (exact) mass is 412 g/mol. The van der Waals surface area contributed by atoms with E-state index >= 15 is 0 Å². The highest BCUT2D eigenvalue weighted by molar-refractivity contribution is 9.11. The molecular weight excluding hydrogens is 407 g/mol. The molecule has 5 heteroatoms. The first-order valence-corrected chi connectivity index (χ1v) is 8.12. The molecule has 2 aromatic rings. The van der Waals surface area contributed by atoms with E-state index in [1.54, 1.807) is 11.3 Å². The molecule has 0 nitrogen and oxygen atoms in total. The van der Waals surface area contributed by atoms with Crippen molar-refractivity contribution in [1.82, 2.24) is 0 Å². The van der Waals surface area contributed by atoms with Crippen LogP contribution in [-0.2, 0) is 0 Å². The maximum atomic E-state index is 6.20. The van der Waals surface area contributed by atoms with E-state index in [1.807, 2.05) is 18.2 Å². The Bertz CT molecular complexity index is 512.